The van der Waals surface area contributed by atoms with E-state index in [9.17, 15) is 9.59 Å². The van der Waals surface area contributed by atoms with Crippen LogP contribution in [0.3, 0.4) is 0 Å². The molecule has 0 aliphatic carbocycles. The van der Waals surface area contributed by atoms with Crippen LogP contribution in [0, 0.1) is 0 Å². The van der Waals surface area contributed by atoms with Gasteiger partial charge in [0.2, 0.25) is 11.8 Å². The van der Waals surface area contributed by atoms with Gasteiger partial charge in [0.25, 0.3) is 0 Å². The van der Waals surface area contributed by atoms with Gasteiger partial charge < -0.3 is 11.5 Å². The molecule has 24 heavy (non-hydrogen) atoms. The second-order valence-electron chi connectivity index (χ2n) is 6.49. The van der Waals surface area contributed by atoms with E-state index in [4.69, 9.17) is 11.5 Å². The summed E-state index contributed by atoms with van der Waals surface area (Å²) in [6.07, 6.45) is 13.1. The Kier molecular flexibility index (Phi) is 9.81. The number of benzene rings is 1. The van der Waals surface area contributed by atoms with Gasteiger partial charge in [-0.1, -0.05) is 70.8 Å². The Morgan fingerprint density at radius 2 is 1.17 bits per heavy atom. The summed E-state index contributed by atoms with van der Waals surface area (Å²) >= 11 is 0. The predicted octanol–water partition coefficient (Wildman–Crippen LogP) is 4.35. The van der Waals surface area contributed by atoms with Crippen molar-refractivity contribution < 1.29 is 9.59 Å². The minimum absolute atomic E-state index is 0.419. The highest BCUT2D eigenvalue weighted by Gasteiger charge is 2.15. The lowest BCUT2D eigenvalue weighted by Gasteiger charge is -2.11. The van der Waals surface area contributed by atoms with Gasteiger partial charge in [-0.25, -0.2) is 0 Å². The lowest BCUT2D eigenvalue weighted by molar-refractivity contribution is 0.0999. The topological polar surface area (TPSA) is 86.2 Å². The predicted molar refractivity (Wildman–Crippen MR) is 99.0 cm³/mol. The van der Waals surface area contributed by atoms with Crippen LogP contribution in [0.25, 0.3) is 0 Å². The van der Waals surface area contributed by atoms with Crippen molar-refractivity contribution in [2.45, 2.75) is 77.6 Å². The number of primary amides is 2. The van der Waals surface area contributed by atoms with Crippen LogP contribution in [-0.4, -0.2) is 11.8 Å². The van der Waals surface area contributed by atoms with E-state index in [0.29, 0.717) is 23.1 Å². The summed E-state index contributed by atoms with van der Waals surface area (Å²) in [4.78, 5) is 23.1. The molecule has 134 valence electrons. The first-order valence-corrected chi connectivity index (χ1v) is 9.29. The highest BCUT2D eigenvalue weighted by atomic mass is 16.1. The maximum Gasteiger partial charge on any atom is 0.249 e. The van der Waals surface area contributed by atoms with Crippen molar-refractivity contribution >= 4 is 11.8 Å². The highest BCUT2D eigenvalue weighted by Crippen LogP contribution is 2.19. The first-order chi connectivity index (χ1) is 11.6. The van der Waals surface area contributed by atoms with Crippen molar-refractivity contribution in [3.8, 4) is 0 Å². The zero-order valence-electron chi connectivity index (χ0n) is 15.0. The molecule has 0 bridgehead atoms. The van der Waals surface area contributed by atoms with Gasteiger partial charge in [-0.2, -0.15) is 0 Å². The zero-order chi connectivity index (χ0) is 17.8. The number of rotatable bonds is 13. The van der Waals surface area contributed by atoms with E-state index in [-0.39, 0.29) is 0 Å². The molecular weight excluding hydrogens is 300 g/mol. The van der Waals surface area contributed by atoms with Gasteiger partial charge in [0.1, 0.15) is 0 Å². The molecule has 1 aromatic rings. The number of amides is 2. The number of hydrogen-bond acceptors (Lipinski definition) is 2. The van der Waals surface area contributed by atoms with Crippen LogP contribution in [0.15, 0.2) is 18.2 Å². The molecule has 0 spiro atoms. The minimum atomic E-state index is -0.500. The first kappa shape index (κ1) is 20.2. The quantitative estimate of drug-likeness (QED) is 0.526. The first-order valence-electron chi connectivity index (χ1n) is 9.29. The molecule has 0 fully saturated rings. The van der Waals surface area contributed by atoms with Crippen molar-refractivity contribution in [1.82, 2.24) is 0 Å². The van der Waals surface area contributed by atoms with Crippen molar-refractivity contribution in [2.75, 3.05) is 0 Å². The van der Waals surface area contributed by atoms with Crippen LogP contribution in [0.1, 0.15) is 97.4 Å². The summed E-state index contributed by atoms with van der Waals surface area (Å²) in [6, 6.07) is 4.99. The molecule has 0 atom stereocenters. The molecule has 4 N–H and O–H groups in total. The maximum atomic E-state index is 11.5. The summed E-state index contributed by atoms with van der Waals surface area (Å²) in [5, 5.41) is 0. The minimum Gasteiger partial charge on any atom is -0.366 e. The van der Waals surface area contributed by atoms with Crippen LogP contribution < -0.4 is 11.5 Å². The third-order valence-corrected chi connectivity index (χ3v) is 4.49. The van der Waals surface area contributed by atoms with E-state index in [0.717, 1.165) is 12.8 Å². The van der Waals surface area contributed by atoms with Crippen molar-refractivity contribution in [3.63, 3.8) is 0 Å². The molecule has 1 rings (SSSR count). The molecule has 0 aromatic heterocycles. The molecule has 4 nitrogen and oxygen atoms in total. The molecular formula is C20H32N2O2. The van der Waals surface area contributed by atoms with Gasteiger partial charge in [-0.15, -0.1) is 0 Å². The molecule has 0 aliphatic heterocycles. The van der Waals surface area contributed by atoms with Crippen LogP contribution in [0.5, 0.6) is 0 Å². The van der Waals surface area contributed by atoms with Gasteiger partial charge in [0.05, 0.1) is 0 Å². The number of nitrogens with two attached hydrogens (primary N) is 2. The van der Waals surface area contributed by atoms with Gasteiger partial charge in [-0.3, -0.25) is 9.59 Å². The van der Waals surface area contributed by atoms with Crippen LogP contribution in [0.2, 0.25) is 0 Å². The third-order valence-electron chi connectivity index (χ3n) is 4.49. The summed E-state index contributed by atoms with van der Waals surface area (Å²) in [5.74, 6) is -1.000. The van der Waals surface area contributed by atoms with E-state index in [1.165, 1.54) is 51.4 Å². The fraction of sp³-hybridized carbons (Fsp3) is 0.600. The average Bonchev–Trinajstić information content (AvgIpc) is 2.56. The molecule has 0 radical (unpaired) electrons. The second kappa shape index (κ2) is 11.7. The van der Waals surface area contributed by atoms with Gasteiger partial charge >= 0.3 is 0 Å². The van der Waals surface area contributed by atoms with Crippen LogP contribution in [0.4, 0.5) is 0 Å². The Bertz CT molecular complexity index is 494. The third kappa shape index (κ3) is 7.16. The largest absolute Gasteiger partial charge is 0.366 e. The summed E-state index contributed by atoms with van der Waals surface area (Å²) < 4.78 is 0. The van der Waals surface area contributed by atoms with E-state index >= 15 is 0 Å². The second-order valence-corrected chi connectivity index (χ2v) is 6.49. The van der Waals surface area contributed by atoms with Crippen molar-refractivity contribution in [2.24, 2.45) is 11.5 Å². The number of hydrogen-bond donors (Lipinski definition) is 2. The van der Waals surface area contributed by atoms with Crippen LogP contribution in [-0.2, 0) is 6.42 Å². The highest BCUT2D eigenvalue weighted by molar-refractivity contribution is 6.01. The Hall–Kier alpha value is -1.84. The summed E-state index contributed by atoms with van der Waals surface area (Å²) in [5.41, 5.74) is 12.4. The van der Waals surface area contributed by atoms with Crippen molar-refractivity contribution in [1.29, 1.82) is 0 Å². The lowest BCUT2D eigenvalue weighted by Crippen LogP contribution is -2.19. The Morgan fingerprint density at radius 3 is 1.58 bits per heavy atom. The van der Waals surface area contributed by atoms with Gasteiger partial charge in [0.15, 0.2) is 0 Å². The molecule has 4 heteroatoms. The van der Waals surface area contributed by atoms with Crippen LogP contribution >= 0.6 is 0 Å². The Morgan fingerprint density at radius 1 is 0.750 bits per heavy atom. The lowest BCUT2D eigenvalue weighted by atomic mass is 9.94. The van der Waals surface area contributed by atoms with E-state index in [1.807, 2.05) is 0 Å². The molecule has 0 heterocycles. The fourth-order valence-corrected chi connectivity index (χ4v) is 3.11. The number of unbranched alkanes of at least 4 members (excludes halogenated alkanes) is 9. The van der Waals surface area contributed by atoms with E-state index in [1.54, 1.807) is 18.2 Å². The maximum absolute atomic E-state index is 11.5. The van der Waals surface area contributed by atoms with Gasteiger partial charge in [0, 0.05) is 11.1 Å². The van der Waals surface area contributed by atoms with Crippen molar-refractivity contribution in [3.05, 3.63) is 34.9 Å². The molecule has 0 saturated carbocycles. The zero-order valence-corrected chi connectivity index (χ0v) is 15.0. The Labute approximate surface area is 146 Å². The summed E-state index contributed by atoms with van der Waals surface area (Å²) in [6.45, 7) is 2.24. The summed E-state index contributed by atoms with van der Waals surface area (Å²) in [7, 11) is 0. The Balaban J connectivity index is 2.34. The SMILES string of the molecule is CCCCCCCCCCCCc1c(C(N)=O)cccc1C(N)=O. The van der Waals surface area contributed by atoms with E-state index in [2.05, 4.69) is 6.92 Å². The number of carbonyl (C=O) groups is 2. The standard InChI is InChI=1S/C20H32N2O2/c1-2-3-4-5-6-7-8-9-10-11-13-16-17(19(21)23)14-12-15-18(16)20(22)24/h12,14-15H,2-11,13H2,1H3,(H2,21,23)(H2,22,24). The number of carbonyl (C=O) groups excluding carboxylic acids is 2. The molecule has 0 aliphatic rings. The molecule has 0 saturated heterocycles. The molecule has 1 aromatic carbocycles. The fourth-order valence-electron chi connectivity index (χ4n) is 3.11. The van der Waals surface area contributed by atoms with Gasteiger partial charge in [-0.05, 0) is 30.5 Å². The van der Waals surface area contributed by atoms with E-state index < -0.39 is 11.8 Å². The molecule has 0 unspecified atom stereocenters. The average molecular weight is 332 g/mol. The normalized spacial score (nSPS) is 10.7. The smallest absolute Gasteiger partial charge is 0.249 e. The molecule has 2 amide bonds. The monoisotopic (exact) mass is 332 g/mol.